The lowest BCUT2D eigenvalue weighted by Crippen LogP contribution is -2.50. The molecule has 0 radical (unpaired) electrons. The highest BCUT2D eigenvalue weighted by atomic mass is 35.5. The van der Waals surface area contributed by atoms with E-state index in [1.54, 1.807) is 14.2 Å². The predicted molar refractivity (Wildman–Crippen MR) is 242 cm³/mol. The number of unbranched alkanes of at least 4 members (excludes halogenated alkanes) is 1. The Balaban J connectivity index is 0.00000900. The van der Waals surface area contributed by atoms with Gasteiger partial charge in [-0.05, 0) is 89.6 Å². The molecule has 4 rings (SSSR count). The van der Waals surface area contributed by atoms with Crippen molar-refractivity contribution in [3.63, 3.8) is 0 Å². The van der Waals surface area contributed by atoms with Crippen molar-refractivity contribution in [2.75, 3.05) is 44.5 Å². The minimum absolute atomic E-state index is 0. The van der Waals surface area contributed by atoms with Gasteiger partial charge in [0, 0.05) is 70.3 Å². The molecule has 2 aromatic carbocycles. The van der Waals surface area contributed by atoms with Crippen molar-refractivity contribution in [2.24, 2.45) is 5.73 Å². The minimum atomic E-state index is -0.647. The van der Waals surface area contributed by atoms with Gasteiger partial charge in [0.15, 0.2) is 0 Å². The molecule has 0 aliphatic heterocycles. The van der Waals surface area contributed by atoms with Gasteiger partial charge in [0.05, 0.1) is 36.6 Å². The summed E-state index contributed by atoms with van der Waals surface area (Å²) in [6, 6.07) is 15.6. The van der Waals surface area contributed by atoms with Crippen LogP contribution in [0.4, 0.5) is 16.2 Å². The predicted octanol–water partition coefficient (Wildman–Crippen LogP) is 8.59. The van der Waals surface area contributed by atoms with Crippen molar-refractivity contribution >= 4 is 57.5 Å². The molecule has 0 saturated heterocycles. The largest absolute Gasteiger partial charge is 0.497 e. The lowest BCUT2D eigenvalue weighted by atomic mass is 9.91. The summed E-state index contributed by atoms with van der Waals surface area (Å²) in [6.45, 7) is 18.7. The number of anilines is 2. The van der Waals surface area contributed by atoms with E-state index in [0.29, 0.717) is 26.1 Å². The van der Waals surface area contributed by atoms with Crippen molar-refractivity contribution in [1.29, 1.82) is 0 Å². The van der Waals surface area contributed by atoms with Gasteiger partial charge in [-0.1, -0.05) is 53.7 Å². The number of rotatable bonds is 20. The number of methoxy groups -OCH3 is 2. The van der Waals surface area contributed by atoms with E-state index in [2.05, 4.69) is 106 Å². The molecular formula is C45H69ClN8O4. The second-order valence-corrected chi connectivity index (χ2v) is 17.3. The average molecular weight is 822 g/mol. The first-order valence-corrected chi connectivity index (χ1v) is 20.6. The molecule has 3 amide bonds. The molecule has 58 heavy (non-hydrogen) atoms. The Kier molecular flexibility index (Phi) is 18.1. The van der Waals surface area contributed by atoms with Crippen molar-refractivity contribution in [1.82, 2.24) is 25.9 Å². The number of carbonyl (C=O) groups is 2. The maximum absolute atomic E-state index is 13.3. The molecule has 0 saturated carbocycles. The Morgan fingerprint density at radius 3 is 1.57 bits per heavy atom. The van der Waals surface area contributed by atoms with E-state index in [1.165, 1.54) is 0 Å². The van der Waals surface area contributed by atoms with Crippen LogP contribution in [0, 0.1) is 0 Å². The van der Waals surface area contributed by atoms with E-state index in [4.69, 9.17) is 25.2 Å². The summed E-state index contributed by atoms with van der Waals surface area (Å²) in [5.74, 6) is 1.35. The van der Waals surface area contributed by atoms with E-state index in [0.717, 1.165) is 94.6 Å². The molecule has 2 unspecified atom stereocenters. The second kappa shape index (κ2) is 22.0. The minimum Gasteiger partial charge on any atom is -0.497 e. The van der Waals surface area contributed by atoms with E-state index >= 15 is 0 Å². The standard InChI is InChI=1S/C45H68N8O4.ClH/c1-29(49-36-27-33(56-9)25-31-18-20-38(44(3,4)5)52-40(31)36)15-13-23-47-42(54)35(17-11-12-22-46)51-43(55)48-24-14-16-30(2)50-37-28-34(57-10)26-32-19-21-39(45(6,7)8)53-41(32)37;/h18-21,25-30,35,49-50H,11-17,22-24,46H2,1-10H3,(H,47,54)(H2,48,51,55);1H/t29?,30?,35-;/m0./s1. The van der Waals surface area contributed by atoms with Crippen LogP contribution >= 0.6 is 12.4 Å². The number of pyridine rings is 2. The number of nitrogens with one attached hydrogen (secondary N) is 5. The zero-order valence-electron chi connectivity index (χ0n) is 36.4. The van der Waals surface area contributed by atoms with Gasteiger partial charge in [0.2, 0.25) is 5.91 Å². The van der Waals surface area contributed by atoms with E-state index in [1.807, 2.05) is 24.3 Å². The number of carbonyl (C=O) groups excluding carboxylic acids is 2. The van der Waals surface area contributed by atoms with Gasteiger partial charge in [-0.3, -0.25) is 14.8 Å². The normalized spacial score (nSPS) is 13.2. The van der Waals surface area contributed by atoms with Crippen LogP contribution in [0.25, 0.3) is 21.8 Å². The van der Waals surface area contributed by atoms with Crippen LogP contribution in [0.1, 0.15) is 112 Å². The van der Waals surface area contributed by atoms with Crippen LogP contribution in [-0.2, 0) is 15.6 Å². The average Bonchev–Trinajstić information content (AvgIpc) is 3.16. The molecule has 2 heterocycles. The molecule has 0 fully saturated rings. The van der Waals surface area contributed by atoms with E-state index < -0.39 is 6.04 Å². The number of benzene rings is 2. The van der Waals surface area contributed by atoms with E-state index in [-0.39, 0.29) is 47.3 Å². The highest BCUT2D eigenvalue weighted by Crippen LogP contribution is 2.33. The zero-order valence-corrected chi connectivity index (χ0v) is 37.3. The summed E-state index contributed by atoms with van der Waals surface area (Å²) >= 11 is 0. The van der Waals surface area contributed by atoms with Crippen molar-refractivity contribution in [3.8, 4) is 11.5 Å². The fourth-order valence-electron chi connectivity index (χ4n) is 6.71. The highest BCUT2D eigenvalue weighted by molar-refractivity contribution is 5.93. The van der Waals surface area contributed by atoms with Gasteiger partial charge in [0.25, 0.3) is 0 Å². The number of nitrogens with zero attached hydrogens (tertiary/aromatic N) is 2. The number of fused-ring (bicyclic) bond motifs is 2. The molecule has 4 aromatic rings. The van der Waals surface area contributed by atoms with Crippen molar-refractivity contribution < 1.29 is 19.1 Å². The first-order valence-electron chi connectivity index (χ1n) is 20.6. The molecule has 7 N–H and O–H groups in total. The third kappa shape index (κ3) is 14.1. The maximum Gasteiger partial charge on any atom is 0.315 e. The van der Waals surface area contributed by atoms with Crippen molar-refractivity contribution in [3.05, 3.63) is 59.9 Å². The monoisotopic (exact) mass is 821 g/mol. The molecular weight excluding hydrogens is 752 g/mol. The Labute approximate surface area is 352 Å². The smallest absolute Gasteiger partial charge is 0.315 e. The lowest BCUT2D eigenvalue weighted by Gasteiger charge is -2.22. The van der Waals surface area contributed by atoms with Gasteiger partial charge in [-0.2, -0.15) is 0 Å². The fourth-order valence-corrected chi connectivity index (χ4v) is 6.71. The Bertz CT molecular complexity index is 1940. The van der Waals surface area contributed by atoms with Crippen LogP contribution in [0.3, 0.4) is 0 Å². The second-order valence-electron chi connectivity index (χ2n) is 17.3. The summed E-state index contributed by atoms with van der Waals surface area (Å²) in [6.07, 6.45) is 5.18. The number of halogens is 1. The number of aromatic nitrogens is 2. The Morgan fingerprint density at radius 1 is 0.672 bits per heavy atom. The van der Waals surface area contributed by atoms with Gasteiger partial charge < -0.3 is 41.8 Å². The summed E-state index contributed by atoms with van der Waals surface area (Å²) in [5, 5.41) is 18.2. The SMILES string of the molecule is COc1cc(NC(C)CCCNC(=O)N[C@@H](CCCCN)C(=O)NCCCC(C)Nc2cc(OC)cc3ccc(C(C)(C)C)nc23)c2nc(C(C)(C)C)ccc2c1.Cl. The third-order valence-electron chi connectivity index (χ3n) is 10.1. The number of hydrogen-bond acceptors (Lipinski definition) is 9. The van der Waals surface area contributed by atoms with Crippen LogP contribution in [-0.4, -0.2) is 73.9 Å². The van der Waals surface area contributed by atoms with Crippen LogP contribution in [0.15, 0.2) is 48.5 Å². The first kappa shape index (κ1) is 47.8. The van der Waals surface area contributed by atoms with E-state index in [9.17, 15) is 9.59 Å². The van der Waals surface area contributed by atoms with Gasteiger partial charge in [-0.25, -0.2) is 4.79 Å². The third-order valence-corrected chi connectivity index (χ3v) is 10.1. The summed E-state index contributed by atoms with van der Waals surface area (Å²) in [7, 11) is 3.34. The Hall–Kier alpha value is -4.55. The fraction of sp³-hybridized carbons (Fsp3) is 0.556. The summed E-state index contributed by atoms with van der Waals surface area (Å²) < 4.78 is 11.1. The van der Waals surface area contributed by atoms with Crippen LogP contribution < -0.4 is 41.8 Å². The summed E-state index contributed by atoms with van der Waals surface area (Å²) in [4.78, 5) is 36.3. The summed E-state index contributed by atoms with van der Waals surface area (Å²) in [5.41, 5.74) is 11.3. The molecule has 13 heteroatoms. The lowest BCUT2D eigenvalue weighted by molar-refractivity contribution is -0.123. The number of urea groups is 1. The molecule has 0 aliphatic rings. The number of ether oxygens (including phenoxy) is 2. The molecule has 2 aromatic heterocycles. The van der Waals surface area contributed by atoms with Gasteiger partial charge >= 0.3 is 6.03 Å². The Morgan fingerprint density at radius 2 is 1.14 bits per heavy atom. The quantitative estimate of drug-likeness (QED) is 0.0479. The molecule has 320 valence electrons. The number of amides is 3. The topological polar surface area (TPSA) is 165 Å². The van der Waals surface area contributed by atoms with Gasteiger partial charge in [-0.15, -0.1) is 12.4 Å². The first-order chi connectivity index (χ1) is 27.0. The maximum atomic E-state index is 13.3. The molecule has 0 bridgehead atoms. The number of nitrogens with two attached hydrogens (primary N) is 1. The number of hydrogen-bond donors (Lipinski definition) is 6. The molecule has 3 atom stereocenters. The zero-order chi connectivity index (χ0) is 41.8. The molecule has 12 nitrogen and oxygen atoms in total. The van der Waals surface area contributed by atoms with Crippen LogP contribution in [0.2, 0.25) is 0 Å². The van der Waals surface area contributed by atoms with Crippen molar-refractivity contribution in [2.45, 2.75) is 129 Å². The highest BCUT2D eigenvalue weighted by Gasteiger charge is 2.22. The molecule has 0 aliphatic carbocycles. The van der Waals surface area contributed by atoms with Gasteiger partial charge in [0.1, 0.15) is 17.5 Å². The van der Waals surface area contributed by atoms with Crippen LogP contribution in [0.5, 0.6) is 11.5 Å². The molecule has 0 spiro atoms.